The largest absolute Gasteiger partial charge is 0.356 e. The van der Waals surface area contributed by atoms with E-state index < -0.39 is 0 Å². The smallest absolute Gasteiger partial charge is 0.223 e. The van der Waals surface area contributed by atoms with E-state index in [2.05, 4.69) is 24.5 Å². The van der Waals surface area contributed by atoms with Crippen LogP contribution in [0.15, 0.2) is 0 Å². The van der Waals surface area contributed by atoms with Crippen LogP contribution in [0.3, 0.4) is 0 Å². The summed E-state index contributed by atoms with van der Waals surface area (Å²) in [7, 11) is 0. The molecule has 18 heavy (non-hydrogen) atoms. The maximum absolute atomic E-state index is 12.2. The van der Waals surface area contributed by atoms with Crippen molar-refractivity contribution in [2.45, 2.75) is 64.8 Å². The highest BCUT2D eigenvalue weighted by Gasteiger charge is 2.23. The summed E-state index contributed by atoms with van der Waals surface area (Å²) in [6.07, 6.45) is 6.22. The lowest BCUT2D eigenvalue weighted by Crippen LogP contribution is -2.40. The van der Waals surface area contributed by atoms with E-state index in [1.54, 1.807) is 0 Å². The molecule has 0 bridgehead atoms. The van der Waals surface area contributed by atoms with Crippen LogP contribution < -0.4 is 10.6 Å². The molecule has 0 aromatic heterocycles. The molecule has 1 heterocycles. The summed E-state index contributed by atoms with van der Waals surface area (Å²) in [5, 5.41) is 5.90. The fraction of sp³-hybridized carbons (Fsp3) is 0.857. The van der Waals surface area contributed by atoms with Crippen LogP contribution in [-0.4, -0.2) is 24.4 Å². The van der Waals surface area contributed by atoms with Crippen LogP contribution in [0.1, 0.15) is 58.8 Å². The van der Waals surface area contributed by atoms with Crippen LogP contribution in [0.2, 0.25) is 0 Å². The quantitative estimate of drug-likeness (QED) is 0.761. The molecule has 1 aliphatic heterocycles. The molecule has 0 aromatic carbocycles. The average Bonchev–Trinajstić information content (AvgIpc) is 2.53. The van der Waals surface area contributed by atoms with Crippen molar-refractivity contribution in [2.24, 2.45) is 5.92 Å². The zero-order valence-electron chi connectivity index (χ0n) is 11.6. The summed E-state index contributed by atoms with van der Waals surface area (Å²) in [5.74, 6) is 0.310. The van der Waals surface area contributed by atoms with Gasteiger partial charge in [0.15, 0.2) is 0 Å². The fourth-order valence-corrected chi connectivity index (χ4v) is 2.52. The molecular weight excluding hydrogens is 228 g/mol. The van der Waals surface area contributed by atoms with Gasteiger partial charge in [-0.1, -0.05) is 26.7 Å². The number of carbonyl (C=O) groups excluding carboxylic acids is 2. The lowest BCUT2D eigenvalue weighted by molar-refractivity contribution is -0.126. The van der Waals surface area contributed by atoms with Gasteiger partial charge in [-0.3, -0.25) is 9.59 Å². The summed E-state index contributed by atoms with van der Waals surface area (Å²) in [4.78, 5) is 23.6. The van der Waals surface area contributed by atoms with Gasteiger partial charge in [-0.15, -0.1) is 0 Å². The van der Waals surface area contributed by atoms with Crippen LogP contribution in [0, 0.1) is 5.92 Å². The van der Waals surface area contributed by atoms with Crippen molar-refractivity contribution in [3.8, 4) is 0 Å². The number of rotatable bonds is 6. The van der Waals surface area contributed by atoms with Crippen molar-refractivity contribution < 1.29 is 9.59 Å². The van der Waals surface area contributed by atoms with Gasteiger partial charge < -0.3 is 10.6 Å². The Balaban J connectivity index is 2.47. The van der Waals surface area contributed by atoms with Crippen LogP contribution in [0.5, 0.6) is 0 Å². The standard InChI is InChI=1S/C14H26N2O2/c1-3-6-11(7-4-2)14(18)16-12-8-5-9-15-13(17)10-12/h11-12H,3-10H2,1-2H3,(H,15,17)(H,16,18)/t12-/m0/s1. The maximum atomic E-state index is 12.2. The van der Waals surface area contributed by atoms with E-state index in [0.717, 1.165) is 45.1 Å². The third-order valence-corrected chi connectivity index (χ3v) is 3.47. The molecule has 0 saturated carbocycles. The van der Waals surface area contributed by atoms with Gasteiger partial charge >= 0.3 is 0 Å². The van der Waals surface area contributed by atoms with E-state index in [1.165, 1.54) is 0 Å². The fourth-order valence-electron chi connectivity index (χ4n) is 2.52. The predicted molar refractivity (Wildman–Crippen MR) is 72.1 cm³/mol. The van der Waals surface area contributed by atoms with Crippen molar-refractivity contribution in [1.82, 2.24) is 10.6 Å². The molecule has 0 spiro atoms. The van der Waals surface area contributed by atoms with Crippen LogP contribution in [0.4, 0.5) is 0 Å². The second-order valence-corrected chi connectivity index (χ2v) is 5.18. The number of nitrogens with one attached hydrogen (secondary N) is 2. The van der Waals surface area contributed by atoms with Crippen molar-refractivity contribution in [2.75, 3.05) is 6.54 Å². The molecular formula is C14H26N2O2. The van der Waals surface area contributed by atoms with Crippen LogP contribution in [0.25, 0.3) is 0 Å². The molecule has 4 heteroatoms. The first kappa shape index (κ1) is 15.0. The number of hydrogen-bond acceptors (Lipinski definition) is 2. The molecule has 0 aliphatic carbocycles. The Hall–Kier alpha value is -1.06. The Kier molecular flexibility index (Phi) is 6.76. The molecule has 1 rings (SSSR count). The van der Waals surface area contributed by atoms with Crippen LogP contribution >= 0.6 is 0 Å². The number of amides is 2. The second kappa shape index (κ2) is 8.11. The third-order valence-electron chi connectivity index (χ3n) is 3.47. The van der Waals surface area contributed by atoms with E-state index in [9.17, 15) is 9.59 Å². The molecule has 0 radical (unpaired) electrons. The summed E-state index contributed by atoms with van der Waals surface area (Å²) in [5.41, 5.74) is 0. The molecule has 1 aliphatic rings. The van der Waals surface area contributed by atoms with Crippen molar-refractivity contribution in [1.29, 1.82) is 0 Å². The van der Waals surface area contributed by atoms with Gasteiger partial charge in [0, 0.05) is 24.9 Å². The van der Waals surface area contributed by atoms with Gasteiger partial charge in [0.05, 0.1) is 0 Å². The maximum Gasteiger partial charge on any atom is 0.223 e. The molecule has 2 amide bonds. The topological polar surface area (TPSA) is 58.2 Å². The molecule has 104 valence electrons. The molecule has 0 unspecified atom stereocenters. The second-order valence-electron chi connectivity index (χ2n) is 5.18. The lowest BCUT2D eigenvalue weighted by atomic mass is 9.96. The predicted octanol–water partition coefficient (Wildman–Crippen LogP) is 1.99. The van der Waals surface area contributed by atoms with Crippen molar-refractivity contribution in [3.63, 3.8) is 0 Å². The average molecular weight is 254 g/mol. The van der Waals surface area contributed by atoms with Gasteiger partial charge in [-0.2, -0.15) is 0 Å². The molecule has 1 fully saturated rings. The van der Waals surface area contributed by atoms with E-state index >= 15 is 0 Å². The van der Waals surface area contributed by atoms with E-state index in [1.807, 2.05) is 0 Å². The highest BCUT2D eigenvalue weighted by Crippen LogP contribution is 2.15. The summed E-state index contributed by atoms with van der Waals surface area (Å²) in [6, 6.07) is 0.0243. The number of carbonyl (C=O) groups is 2. The Morgan fingerprint density at radius 3 is 2.67 bits per heavy atom. The Morgan fingerprint density at radius 2 is 2.06 bits per heavy atom. The minimum atomic E-state index is 0.0243. The highest BCUT2D eigenvalue weighted by atomic mass is 16.2. The van der Waals surface area contributed by atoms with Gasteiger partial charge in [-0.05, 0) is 25.7 Å². The van der Waals surface area contributed by atoms with E-state index in [0.29, 0.717) is 6.42 Å². The summed E-state index contributed by atoms with van der Waals surface area (Å²) < 4.78 is 0. The molecule has 0 aromatic rings. The summed E-state index contributed by atoms with van der Waals surface area (Å²) in [6.45, 7) is 4.95. The van der Waals surface area contributed by atoms with Crippen molar-refractivity contribution >= 4 is 11.8 Å². The van der Waals surface area contributed by atoms with Crippen molar-refractivity contribution in [3.05, 3.63) is 0 Å². The minimum Gasteiger partial charge on any atom is -0.356 e. The van der Waals surface area contributed by atoms with Gasteiger partial charge in [0.1, 0.15) is 0 Å². The van der Waals surface area contributed by atoms with Gasteiger partial charge in [-0.25, -0.2) is 0 Å². The third kappa shape index (κ3) is 5.07. The highest BCUT2D eigenvalue weighted by molar-refractivity contribution is 5.81. The summed E-state index contributed by atoms with van der Waals surface area (Å²) >= 11 is 0. The molecule has 1 saturated heterocycles. The first-order valence-corrected chi connectivity index (χ1v) is 7.24. The van der Waals surface area contributed by atoms with Crippen LogP contribution in [-0.2, 0) is 9.59 Å². The normalized spacial score (nSPS) is 20.4. The monoisotopic (exact) mass is 254 g/mol. The number of hydrogen-bond donors (Lipinski definition) is 2. The Bertz CT molecular complexity index is 273. The van der Waals surface area contributed by atoms with E-state index in [4.69, 9.17) is 0 Å². The Morgan fingerprint density at radius 1 is 1.39 bits per heavy atom. The zero-order chi connectivity index (χ0) is 13.4. The molecule has 1 atom stereocenters. The Labute approximate surface area is 110 Å². The first-order chi connectivity index (χ1) is 8.67. The molecule has 4 nitrogen and oxygen atoms in total. The minimum absolute atomic E-state index is 0.0243. The first-order valence-electron chi connectivity index (χ1n) is 7.24. The SMILES string of the molecule is CCCC(CCC)C(=O)N[C@H]1CCCNC(=O)C1. The van der Waals surface area contributed by atoms with Gasteiger partial charge in [0.2, 0.25) is 11.8 Å². The van der Waals surface area contributed by atoms with Gasteiger partial charge in [0.25, 0.3) is 0 Å². The zero-order valence-corrected chi connectivity index (χ0v) is 11.6. The van der Waals surface area contributed by atoms with E-state index in [-0.39, 0.29) is 23.8 Å². The molecule has 2 N–H and O–H groups in total. The lowest BCUT2D eigenvalue weighted by Gasteiger charge is -2.20.